The largest absolute Gasteiger partial charge is 0.303 e. The summed E-state index contributed by atoms with van der Waals surface area (Å²) in [6, 6.07) is 0.212. The minimum atomic E-state index is -0.276. The zero-order chi connectivity index (χ0) is 14.7. The Hall–Kier alpha value is -0.900. The molecule has 2 rings (SSSR count). The van der Waals surface area contributed by atoms with Crippen molar-refractivity contribution in [3.05, 3.63) is 0 Å². The van der Waals surface area contributed by atoms with Gasteiger partial charge in [-0.05, 0) is 44.4 Å². The third-order valence-electron chi connectivity index (χ3n) is 4.94. The number of hydrogen-bond acceptors (Lipinski definition) is 3. The fourth-order valence-corrected chi connectivity index (χ4v) is 3.53. The van der Waals surface area contributed by atoms with Crippen LogP contribution in [0.25, 0.3) is 0 Å². The number of nitrogens with one attached hydrogen (secondary N) is 1. The van der Waals surface area contributed by atoms with E-state index in [2.05, 4.69) is 12.2 Å². The number of amides is 2. The number of carbonyl (C=O) groups is 2. The quantitative estimate of drug-likeness (QED) is 0.787. The summed E-state index contributed by atoms with van der Waals surface area (Å²) in [4.78, 5) is 26.1. The van der Waals surface area contributed by atoms with Crippen molar-refractivity contribution in [3.63, 3.8) is 0 Å². The lowest BCUT2D eigenvalue weighted by atomic mass is 9.87. The average molecular weight is 280 g/mol. The van der Waals surface area contributed by atoms with Crippen LogP contribution in [0.3, 0.4) is 0 Å². The van der Waals surface area contributed by atoms with Gasteiger partial charge in [0.2, 0.25) is 11.8 Å². The normalized spacial score (nSPS) is 31.4. The predicted octanol–water partition coefficient (Wildman–Crippen LogP) is 2.47. The van der Waals surface area contributed by atoms with Crippen molar-refractivity contribution in [1.82, 2.24) is 10.2 Å². The zero-order valence-corrected chi connectivity index (χ0v) is 13.0. The third-order valence-corrected chi connectivity index (χ3v) is 4.94. The van der Waals surface area contributed by atoms with Crippen molar-refractivity contribution >= 4 is 11.8 Å². The lowest BCUT2D eigenvalue weighted by Crippen LogP contribution is -2.47. The van der Waals surface area contributed by atoms with Crippen LogP contribution in [0, 0.1) is 5.92 Å². The fraction of sp³-hybridized carbons (Fsp3) is 0.875. The van der Waals surface area contributed by atoms with Crippen LogP contribution in [0.5, 0.6) is 0 Å². The first kappa shape index (κ1) is 15.5. The molecule has 1 aliphatic heterocycles. The number of carbonyl (C=O) groups excluding carboxylic acids is 2. The Bertz CT molecular complexity index is 357. The van der Waals surface area contributed by atoms with Crippen molar-refractivity contribution in [1.29, 1.82) is 0 Å². The molecule has 1 unspecified atom stereocenters. The van der Waals surface area contributed by atoms with E-state index < -0.39 is 0 Å². The molecule has 1 atom stereocenters. The highest BCUT2D eigenvalue weighted by Gasteiger charge is 2.42. The first-order valence-electron chi connectivity index (χ1n) is 8.18. The van der Waals surface area contributed by atoms with Gasteiger partial charge in [-0.1, -0.05) is 20.8 Å². The summed E-state index contributed by atoms with van der Waals surface area (Å²) in [7, 11) is 0. The second-order valence-electron chi connectivity index (χ2n) is 6.45. The van der Waals surface area contributed by atoms with E-state index in [4.69, 9.17) is 0 Å². The smallest absolute Gasteiger partial charge is 0.247 e. The molecule has 0 aromatic rings. The Morgan fingerprint density at radius 2 is 1.75 bits per heavy atom. The molecule has 20 heavy (non-hydrogen) atoms. The summed E-state index contributed by atoms with van der Waals surface area (Å²) in [5.74, 6) is 0.808. The van der Waals surface area contributed by atoms with Crippen molar-refractivity contribution in [2.75, 3.05) is 0 Å². The van der Waals surface area contributed by atoms with Gasteiger partial charge in [-0.2, -0.15) is 0 Å². The molecule has 1 heterocycles. The van der Waals surface area contributed by atoms with Crippen molar-refractivity contribution in [3.8, 4) is 0 Å². The summed E-state index contributed by atoms with van der Waals surface area (Å²) in [6.07, 6.45) is 6.75. The van der Waals surface area contributed by atoms with E-state index in [1.54, 1.807) is 0 Å². The van der Waals surface area contributed by atoms with Crippen LogP contribution in [0.2, 0.25) is 0 Å². The molecule has 1 saturated carbocycles. The maximum Gasteiger partial charge on any atom is 0.247 e. The highest BCUT2D eigenvalue weighted by atomic mass is 16.2. The molecule has 2 amide bonds. The molecule has 0 spiro atoms. The maximum atomic E-state index is 12.5. The van der Waals surface area contributed by atoms with Crippen molar-refractivity contribution < 1.29 is 9.59 Å². The lowest BCUT2D eigenvalue weighted by molar-refractivity contribution is -0.141. The molecule has 1 N–H and O–H groups in total. The van der Waals surface area contributed by atoms with Crippen LogP contribution in [0.1, 0.15) is 65.7 Å². The minimum Gasteiger partial charge on any atom is -0.303 e. The first-order valence-corrected chi connectivity index (χ1v) is 8.18. The van der Waals surface area contributed by atoms with Gasteiger partial charge in [-0.3, -0.25) is 14.5 Å². The van der Waals surface area contributed by atoms with Crippen LogP contribution < -0.4 is 5.32 Å². The lowest BCUT2D eigenvalue weighted by Gasteiger charge is -2.29. The third kappa shape index (κ3) is 3.22. The van der Waals surface area contributed by atoms with E-state index in [9.17, 15) is 9.59 Å². The van der Waals surface area contributed by atoms with E-state index in [1.165, 1.54) is 17.7 Å². The van der Waals surface area contributed by atoms with Crippen LogP contribution in [0.4, 0.5) is 0 Å². The molecule has 4 heteroatoms. The molecule has 114 valence electrons. The summed E-state index contributed by atoms with van der Waals surface area (Å²) >= 11 is 0. The van der Waals surface area contributed by atoms with Gasteiger partial charge >= 0.3 is 0 Å². The molecular weight excluding hydrogens is 252 g/mol. The Morgan fingerprint density at radius 3 is 2.30 bits per heavy atom. The van der Waals surface area contributed by atoms with Gasteiger partial charge in [0.25, 0.3) is 0 Å². The number of imide groups is 1. The Kier molecular flexibility index (Phi) is 5.19. The topological polar surface area (TPSA) is 49.4 Å². The zero-order valence-electron chi connectivity index (χ0n) is 13.0. The van der Waals surface area contributed by atoms with Gasteiger partial charge in [0, 0.05) is 12.1 Å². The van der Waals surface area contributed by atoms with E-state index in [0.717, 1.165) is 31.6 Å². The van der Waals surface area contributed by atoms with Crippen LogP contribution in [-0.2, 0) is 9.59 Å². The monoisotopic (exact) mass is 280 g/mol. The standard InChI is InChI=1S/C16H28N2O2/c1-4-13(5-2)18-15(19)10-14(16(18)20)17-12-8-6-11(3)7-9-12/h11-14,17H,4-10H2,1-3H3. The Labute approximate surface area is 122 Å². The number of rotatable bonds is 5. The van der Waals surface area contributed by atoms with Gasteiger partial charge in [0.1, 0.15) is 0 Å². The van der Waals surface area contributed by atoms with E-state index >= 15 is 0 Å². The predicted molar refractivity (Wildman–Crippen MR) is 79.2 cm³/mol. The number of likely N-dealkylation sites (tertiary alicyclic amines) is 1. The van der Waals surface area contributed by atoms with Gasteiger partial charge in [0.15, 0.2) is 0 Å². The molecule has 2 fully saturated rings. The minimum absolute atomic E-state index is 0.00215. The fourth-order valence-electron chi connectivity index (χ4n) is 3.53. The molecule has 0 radical (unpaired) electrons. The van der Waals surface area contributed by atoms with Crippen LogP contribution in [-0.4, -0.2) is 34.8 Å². The average Bonchev–Trinajstić information content (AvgIpc) is 2.71. The summed E-state index contributed by atoms with van der Waals surface area (Å²) in [5, 5.41) is 3.44. The van der Waals surface area contributed by atoms with Gasteiger partial charge < -0.3 is 5.32 Å². The van der Waals surface area contributed by atoms with E-state index in [-0.39, 0.29) is 23.9 Å². The number of nitrogens with zero attached hydrogens (tertiary/aromatic N) is 1. The molecule has 0 aromatic heterocycles. The highest BCUT2D eigenvalue weighted by Crippen LogP contribution is 2.26. The maximum absolute atomic E-state index is 12.5. The van der Waals surface area contributed by atoms with Gasteiger partial charge in [-0.25, -0.2) is 0 Å². The Morgan fingerprint density at radius 1 is 1.15 bits per heavy atom. The molecule has 1 saturated heterocycles. The van der Waals surface area contributed by atoms with E-state index in [1.807, 2.05) is 13.8 Å². The molecule has 2 aliphatic rings. The molecule has 0 bridgehead atoms. The second-order valence-corrected chi connectivity index (χ2v) is 6.45. The second kappa shape index (κ2) is 6.70. The number of hydrogen-bond donors (Lipinski definition) is 1. The van der Waals surface area contributed by atoms with Gasteiger partial charge in [-0.15, -0.1) is 0 Å². The molecule has 1 aliphatic carbocycles. The summed E-state index contributed by atoms with van der Waals surface area (Å²) in [6.45, 7) is 6.37. The van der Waals surface area contributed by atoms with Crippen molar-refractivity contribution in [2.45, 2.75) is 83.8 Å². The van der Waals surface area contributed by atoms with E-state index in [0.29, 0.717) is 12.5 Å². The SMILES string of the molecule is CCC(CC)N1C(=O)CC(NC2CCC(C)CC2)C1=O. The summed E-state index contributed by atoms with van der Waals surface area (Å²) < 4.78 is 0. The Balaban J connectivity index is 1.94. The summed E-state index contributed by atoms with van der Waals surface area (Å²) in [5.41, 5.74) is 0. The molecular formula is C16H28N2O2. The van der Waals surface area contributed by atoms with Gasteiger partial charge in [0.05, 0.1) is 12.5 Å². The first-order chi connectivity index (χ1) is 9.56. The molecule has 0 aromatic carbocycles. The van der Waals surface area contributed by atoms with Crippen LogP contribution >= 0.6 is 0 Å². The van der Waals surface area contributed by atoms with Crippen molar-refractivity contribution in [2.24, 2.45) is 5.92 Å². The molecule has 4 nitrogen and oxygen atoms in total. The highest BCUT2D eigenvalue weighted by molar-refractivity contribution is 6.05. The van der Waals surface area contributed by atoms with Crippen LogP contribution in [0.15, 0.2) is 0 Å².